The molecule has 1 heterocycles. The van der Waals surface area contributed by atoms with Crippen LogP contribution in [0.4, 0.5) is 0 Å². The van der Waals surface area contributed by atoms with Gasteiger partial charge in [-0.3, -0.25) is 4.98 Å². The van der Waals surface area contributed by atoms with Gasteiger partial charge in [-0.1, -0.05) is 11.6 Å². The fraction of sp³-hybridized carbons (Fsp3) is 0.286. The SMILES string of the molecule is [2H]C([2H])([2H])C([2H])([2H])Oc1cncc(Cl)c1. The van der Waals surface area contributed by atoms with Crippen LogP contribution in [0.3, 0.4) is 0 Å². The Morgan fingerprint density at radius 3 is 3.50 bits per heavy atom. The second-order valence-corrected chi connectivity index (χ2v) is 1.98. The van der Waals surface area contributed by atoms with Gasteiger partial charge < -0.3 is 4.74 Å². The molecule has 0 N–H and O–H groups in total. The molecule has 0 radical (unpaired) electrons. The van der Waals surface area contributed by atoms with Crippen LogP contribution in [0.5, 0.6) is 5.75 Å². The zero-order valence-corrected chi connectivity index (χ0v) is 5.72. The maximum absolute atomic E-state index is 7.20. The molecule has 0 aliphatic carbocycles. The van der Waals surface area contributed by atoms with Crippen LogP contribution in [0, 0.1) is 0 Å². The van der Waals surface area contributed by atoms with Crippen molar-refractivity contribution in [3.63, 3.8) is 0 Å². The van der Waals surface area contributed by atoms with Gasteiger partial charge in [0.1, 0.15) is 5.75 Å². The Morgan fingerprint density at radius 2 is 2.80 bits per heavy atom. The number of hydrogen-bond donors (Lipinski definition) is 0. The lowest BCUT2D eigenvalue weighted by molar-refractivity contribution is 0.339. The largest absolute Gasteiger partial charge is 0.492 e. The molecule has 0 amide bonds. The first-order valence-corrected chi connectivity index (χ1v) is 2.90. The Hall–Kier alpha value is -0.760. The minimum absolute atomic E-state index is 0.0244. The predicted octanol–water partition coefficient (Wildman–Crippen LogP) is 2.13. The van der Waals surface area contributed by atoms with Gasteiger partial charge in [0, 0.05) is 16.4 Å². The highest BCUT2D eigenvalue weighted by Gasteiger charge is 1.91. The second-order valence-electron chi connectivity index (χ2n) is 1.54. The molecule has 0 bridgehead atoms. The van der Waals surface area contributed by atoms with Crippen molar-refractivity contribution < 1.29 is 11.6 Å². The van der Waals surface area contributed by atoms with Crippen molar-refractivity contribution in [1.29, 1.82) is 0 Å². The van der Waals surface area contributed by atoms with Gasteiger partial charge in [0.2, 0.25) is 0 Å². The van der Waals surface area contributed by atoms with Gasteiger partial charge in [-0.05, 0) is 6.85 Å². The summed E-state index contributed by atoms with van der Waals surface area (Å²) in [6, 6.07) is 1.29. The van der Waals surface area contributed by atoms with Crippen LogP contribution in [0.2, 0.25) is 5.02 Å². The summed E-state index contributed by atoms with van der Waals surface area (Å²) in [5.74, 6) is -0.0244. The van der Waals surface area contributed by atoms with Crippen LogP contribution < -0.4 is 4.74 Å². The summed E-state index contributed by atoms with van der Waals surface area (Å²) in [6.45, 7) is -5.63. The molecule has 0 fully saturated rings. The number of aromatic nitrogens is 1. The smallest absolute Gasteiger partial charge is 0.139 e. The number of hydrogen-bond acceptors (Lipinski definition) is 2. The van der Waals surface area contributed by atoms with Gasteiger partial charge in [0.25, 0.3) is 0 Å². The summed E-state index contributed by atoms with van der Waals surface area (Å²) >= 11 is 5.58. The molecular weight excluding hydrogens is 150 g/mol. The zero-order valence-electron chi connectivity index (χ0n) is 9.97. The van der Waals surface area contributed by atoms with E-state index in [2.05, 4.69) is 9.72 Å². The van der Waals surface area contributed by atoms with Crippen LogP contribution in [-0.2, 0) is 0 Å². The Morgan fingerprint density at radius 1 is 1.90 bits per heavy atom. The highest BCUT2D eigenvalue weighted by atomic mass is 35.5. The lowest BCUT2D eigenvalue weighted by Crippen LogP contribution is -1.91. The van der Waals surface area contributed by atoms with E-state index in [-0.39, 0.29) is 10.8 Å². The number of nitrogens with zero attached hydrogens (tertiary/aromatic N) is 1. The average molecular weight is 163 g/mol. The molecule has 0 unspecified atom stereocenters. The Balaban J connectivity index is 2.87. The molecule has 3 heteroatoms. The van der Waals surface area contributed by atoms with E-state index >= 15 is 0 Å². The van der Waals surface area contributed by atoms with E-state index in [1.54, 1.807) is 0 Å². The zero-order chi connectivity index (χ0) is 11.7. The summed E-state index contributed by atoms with van der Waals surface area (Å²) in [6.07, 6.45) is 2.52. The summed E-state index contributed by atoms with van der Waals surface area (Å²) in [7, 11) is 0. The molecule has 0 spiro atoms. The van der Waals surface area contributed by atoms with E-state index in [1.807, 2.05) is 0 Å². The third-order valence-corrected chi connectivity index (χ3v) is 1.06. The molecule has 1 aromatic rings. The fourth-order valence-electron chi connectivity index (χ4n) is 0.507. The average Bonchev–Trinajstić information content (AvgIpc) is 2.00. The quantitative estimate of drug-likeness (QED) is 0.665. The van der Waals surface area contributed by atoms with Crippen molar-refractivity contribution in [2.75, 3.05) is 6.56 Å². The van der Waals surface area contributed by atoms with Crippen LogP contribution in [-0.4, -0.2) is 11.5 Å². The maximum atomic E-state index is 7.20. The van der Waals surface area contributed by atoms with Crippen LogP contribution in [0.15, 0.2) is 18.5 Å². The highest BCUT2D eigenvalue weighted by Crippen LogP contribution is 2.14. The lowest BCUT2D eigenvalue weighted by Gasteiger charge is -2.00. The molecule has 0 aliphatic rings. The van der Waals surface area contributed by atoms with E-state index in [9.17, 15) is 0 Å². The monoisotopic (exact) mass is 162 g/mol. The van der Waals surface area contributed by atoms with E-state index in [0.717, 1.165) is 0 Å². The standard InChI is InChI=1S/C7H8ClNO/c1-2-10-7-3-6(8)4-9-5-7/h3-5H,2H2,1H3/i1D3,2D2. The molecule has 0 aromatic carbocycles. The molecule has 0 aliphatic heterocycles. The predicted molar refractivity (Wildman–Crippen MR) is 40.4 cm³/mol. The van der Waals surface area contributed by atoms with Crippen molar-refractivity contribution in [3.8, 4) is 5.75 Å². The molecule has 0 saturated heterocycles. The van der Waals surface area contributed by atoms with Crippen molar-refractivity contribution in [2.45, 2.75) is 6.85 Å². The Kier molecular flexibility index (Phi) is 1.06. The summed E-state index contributed by atoms with van der Waals surface area (Å²) < 4.78 is 39.8. The van der Waals surface area contributed by atoms with Crippen molar-refractivity contribution >= 4 is 11.6 Å². The fourth-order valence-corrected chi connectivity index (χ4v) is 0.671. The van der Waals surface area contributed by atoms with Gasteiger partial charge in [0.15, 0.2) is 0 Å². The Bertz CT molecular complexity index is 353. The van der Waals surface area contributed by atoms with Crippen LogP contribution >= 0.6 is 11.6 Å². The number of halogens is 1. The third kappa shape index (κ3) is 1.88. The summed E-state index contributed by atoms with van der Waals surface area (Å²) in [4.78, 5) is 3.64. The topological polar surface area (TPSA) is 22.1 Å². The third-order valence-electron chi connectivity index (χ3n) is 0.849. The molecule has 10 heavy (non-hydrogen) atoms. The molecule has 1 aromatic heterocycles. The number of pyridine rings is 1. The first kappa shape index (κ1) is 3.09. The van der Waals surface area contributed by atoms with E-state index in [4.69, 9.17) is 18.5 Å². The van der Waals surface area contributed by atoms with E-state index in [0.29, 0.717) is 0 Å². The van der Waals surface area contributed by atoms with Crippen LogP contribution in [0.25, 0.3) is 0 Å². The highest BCUT2D eigenvalue weighted by molar-refractivity contribution is 6.30. The van der Waals surface area contributed by atoms with E-state index < -0.39 is 13.4 Å². The first-order valence-electron chi connectivity index (χ1n) is 5.02. The van der Waals surface area contributed by atoms with Gasteiger partial charge in [-0.15, -0.1) is 0 Å². The van der Waals surface area contributed by atoms with Gasteiger partial charge in [0.05, 0.1) is 20.5 Å². The second kappa shape index (κ2) is 3.42. The van der Waals surface area contributed by atoms with E-state index in [1.165, 1.54) is 18.5 Å². The van der Waals surface area contributed by atoms with Crippen molar-refractivity contribution in [1.82, 2.24) is 4.98 Å². The van der Waals surface area contributed by atoms with Gasteiger partial charge >= 0.3 is 0 Å². The van der Waals surface area contributed by atoms with Crippen molar-refractivity contribution in [2.24, 2.45) is 0 Å². The van der Waals surface area contributed by atoms with Gasteiger partial charge in [-0.2, -0.15) is 0 Å². The molecule has 2 nitrogen and oxygen atoms in total. The van der Waals surface area contributed by atoms with Gasteiger partial charge in [-0.25, -0.2) is 0 Å². The normalized spacial score (nSPS) is 19.5. The number of ether oxygens (including phenoxy) is 1. The lowest BCUT2D eigenvalue weighted by atomic mass is 10.5. The summed E-state index contributed by atoms with van der Waals surface area (Å²) in [5.41, 5.74) is 0. The molecule has 54 valence electrons. The molecule has 0 saturated carbocycles. The Labute approximate surface area is 71.8 Å². The molecule has 0 atom stereocenters. The number of rotatable bonds is 2. The molecule has 1 rings (SSSR count). The van der Waals surface area contributed by atoms with Crippen molar-refractivity contribution in [3.05, 3.63) is 23.5 Å². The molecular formula is C7H8ClNO. The maximum Gasteiger partial charge on any atom is 0.139 e. The summed E-state index contributed by atoms with van der Waals surface area (Å²) in [5, 5.41) is 0.244. The van der Waals surface area contributed by atoms with Crippen LogP contribution in [0.1, 0.15) is 13.7 Å². The minimum Gasteiger partial charge on any atom is -0.492 e. The minimum atomic E-state index is -2.87. The first-order chi connectivity index (χ1) is 6.72.